The first-order valence-corrected chi connectivity index (χ1v) is 7.83. The molecule has 0 aliphatic carbocycles. The van der Waals surface area contributed by atoms with E-state index in [4.69, 9.17) is 10.5 Å². The number of ether oxygens (including phenoxy) is 1. The Bertz CT molecular complexity index is 641. The Labute approximate surface area is 137 Å². The van der Waals surface area contributed by atoms with Gasteiger partial charge in [0.2, 0.25) is 5.91 Å². The third-order valence-electron chi connectivity index (χ3n) is 3.82. The smallest absolute Gasteiger partial charge is 0.223 e. The zero-order chi connectivity index (χ0) is 16.7. The topological polar surface area (TPSA) is 64.3 Å². The lowest BCUT2D eigenvalue weighted by Gasteiger charge is -2.13. The second kappa shape index (κ2) is 8.34. The Morgan fingerprint density at radius 1 is 1.13 bits per heavy atom. The van der Waals surface area contributed by atoms with Crippen LogP contribution in [0.5, 0.6) is 5.75 Å². The Morgan fingerprint density at radius 2 is 1.87 bits per heavy atom. The molecule has 0 heterocycles. The molecule has 0 spiro atoms. The van der Waals surface area contributed by atoms with Crippen molar-refractivity contribution in [3.05, 3.63) is 65.2 Å². The minimum atomic E-state index is -0.194. The van der Waals surface area contributed by atoms with Crippen LogP contribution < -0.4 is 15.8 Å². The van der Waals surface area contributed by atoms with E-state index in [9.17, 15) is 4.79 Å². The molecule has 0 radical (unpaired) electrons. The highest BCUT2D eigenvalue weighted by Gasteiger charge is 2.08. The van der Waals surface area contributed by atoms with Crippen LogP contribution in [0.15, 0.2) is 48.5 Å². The van der Waals surface area contributed by atoms with E-state index in [2.05, 4.69) is 12.2 Å². The third-order valence-corrected chi connectivity index (χ3v) is 3.82. The molecule has 4 heteroatoms. The summed E-state index contributed by atoms with van der Waals surface area (Å²) in [6, 6.07) is 15.5. The Balaban J connectivity index is 1.70. The fourth-order valence-electron chi connectivity index (χ4n) is 2.20. The molecule has 3 N–H and O–H groups in total. The number of rotatable bonds is 7. The summed E-state index contributed by atoms with van der Waals surface area (Å²) in [5.74, 6) is 0.738. The van der Waals surface area contributed by atoms with E-state index in [0.29, 0.717) is 19.6 Å². The van der Waals surface area contributed by atoms with Crippen LogP contribution in [0, 0.1) is 13.8 Å². The van der Waals surface area contributed by atoms with Crippen LogP contribution in [0.2, 0.25) is 0 Å². The maximum absolute atomic E-state index is 11.8. The van der Waals surface area contributed by atoms with Crippen LogP contribution in [0.25, 0.3) is 0 Å². The molecule has 0 aliphatic rings. The Morgan fingerprint density at radius 3 is 2.57 bits per heavy atom. The molecule has 1 amide bonds. The van der Waals surface area contributed by atoms with E-state index in [1.807, 2.05) is 55.5 Å². The number of hydrogen-bond donors (Lipinski definition) is 2. The Hall–Kier alpha value is -2.33. The van der Waals surface area contributed by atoms with Crippen molar-refractivity contribution in [1.82, 2.24) is 5.32 Å². The van der Waals surface area contributed by atoms with E-state index in [-0.39, 0.29) is 11.9 Å². The lowest BCUT2D eigenvalue weighted by Crippen LogP contribution is -2.32. The molecule has 0 fully saturated rings. The van der Waals surface area contributed by atoms with Gasteiger partial charge in [-0.15, -0.1) is 0 Å². The number of nitrogens with two attached hydrogens (primary N) is 1. The van der Waals surface area contributed by atoms with Gasteiger partial charge in [-0.3, -0.25) is 4.79 Å². The van der Waals surface area contributed by atoms with Gasteiger partial charge in [-0.05, 0) is 42.7 Å². The van der Waals surface area contributed by atoms with Gasteiger partial charge in [0.25, 0.3) is 0 Å². The molecular formula is C19H24N2O2. The van der Waals surface area contributed by atoms with Crippen molar-refractivity contribution in [3.8, 4) is 5.75 Å². The molecule has 0 aliphatic heterocycles. The predicted octanol–water partition coefficient (Wildman–Crippen LogP) is 2.89. The van der Waals surface area contributed by atoms with Crippen LogP contribution in [0.3, 0.4) is 0 Å². The van der Waals surface area contributed by atoms with Gasteiger partial charge in [0.05, 0.1) is 13.0 Å². The maximum atomic E-state index is 11.8. The van der Waals surface area contributed by atoms with E-state index in [1.54, 1.807) is 0 Å². The summed E-state index contributed by atoms with van der Waals surface area (Å²) in [5, 5.41) is 2.84. The van der Waals surface area contributed by atoms with Gasteiger partial charge >= 0.3 is 0 Å². The first-order chi connectivity index (χ1) is 11.1. The molecule has 0 saturated carbocycles. The van der Waals surface area contributed by atoms with Crippen molar-refractivity contribution in [1.29, 1.82) is 0 Å². The SMILES string of the molecule is Cc1ccc(OCCC(=O)NCC(N)c2ccccc2)cc1C. The van der Waals surface area contributed by atoms with Gasteiger partial charge in [0.1, 0.15) is 5.75 Å². The molecule has 0 bridgehead atoms. The van der Waals surface area contributed by atoms with E-state index in [0.717, 1.165) is 11.3 Å². The quantitative estimate of drug-likeness (QED) is 0.826. The fourth-order valence-corrected chi connectivity index (χ4v) is 2.20. The number of nitrogens with one attached hydrogen (secondary N) is 1. The number of hydrogen-bond acceptors (Lipinski definition) is 3. The van der Waals surface area contributed by atoms with Crippen molar-refractivity contribution < 1.29 is 9.53 Å². The molecule has 1 atom stereocenters. The Kier molecular flexibility index (Phi) is 6.18. The summed E-state index contributed by atoms with van der Waals surface area (Å²) in [5.41, 5.74) is 9.47. The zero-order valence-corrected chi connectivity index (χ0v) is 13.7. The highest BCUT2D eigenvalue weighted by molar-refractivity contribution is 5.76. The molecule has 2 aromatic rings. The van der Waals surface area contributed by atoms with E-state index >= 15 is 0 Å². The number of carbonyl (C=O) groups excluding carboxylic acids is 1. The largest absolute Gasteiger partial charge is 0.493 e. The molecule has 0 saturated heterocycles. The van der Waals surface area contributed by atoms with Crippen molar-refractivity contribution >= 4 is 5.91 Å². The highest BCUT2D eigenvalue weighted by Crippen LogP contribution is 2.16. The summed E-state index contributed by atoms with van der Waals surface area (Å²) >= 11 is 0. The predicted molar refractivity (Wildman–Crippen MR) is 92.4 cm³/mol. The normalized spacial score (nSPS) is 11.8. The average molecular weight is 312 g/mol. The van der Waals surface area contributed by atoms with Gasteiger partial charge in [0, 0.05) is 12.6 Å². The fraction of sp³-hybridized carbons (Fsp3) is 0.316. The number of aryl methyl sites for hydroxylation is 2. The molecule has 0 aromatic heterocycles. The monoisotopic (exact) mass is 312 g/mol. The van der Waals surface area contributed by atoms with Gasteiger partial charge in [-0.25, -0.2) is 0 Å². The van der Waals surface area contributed by atoms with Crippen molar-refractivity contribution in [2.24, 2.45) is 5.73 Å². The minimum Gasteiger partial charge on any atom is -0.493 e. The summed E-state index contributed by atoms with van der Waals surface area (Å²) < 4.78 is 5.61. The number of amides is 1. The summed E-state index contributed by atoms with van der Waals surface area (Å²) in [6.45, 7) is 4.88. The van der Waals surface area contributed by atoms with Crippen LogP contribution in [0.1, 0.15) is 29.2 Å². The molecule has 2 rings (SSSR count). The molecule has 4 nitrogen and oxygen atoms in total. The van der Waals surface area contributed by atoms with Crippen molar-refractivity contribution in [3.63, 3.8) is 0 Å². The first kappa shape index (κ1) is 17.0. The highest BCUT2D eigenvalue weighted by atomic mass is 16.5. The maximum Gasteiger partial charge on any atom is 0.223 e. The van der Waals surface area contributed by atoms with E-state index in [1.165, 1.54) is 11.1 Å². The summed E-state index contributed by atoms with van der Waals surface area (Å²) in [4.78, 5) is 11.8. The standard InChI is InChI=1S/C19H24N2O2/c1-14-8-9-17(12-15(14)2)23-11-10-19(22)21-13-18(20)16-6-4-3-5-7-16/h3-9,12,18H,10-11,13,20H2,1-2H3,(H,21,22). The number of carbonyl (C=O) groups is 1. The lowest BCUT2D eigenvalue weighted by atomic mass is 10.1. The van der Waals surface area contributed by atoms with Crippen LogP contribution in [-0.2, 0) is 4.79 Å². The molecule has 2 aromatic carbocycles. The molecule has 23 heavy (non-hydrogen) atoms. The van der Waals surface area contributed by atoms with Gasteiger partial charge in [0.15, 0.2) is 0 Å². The lowest BCUT2D eigenvalue weighted by molar-refractivity contribution is -0.121. The second-order valence-electron chi connectivity index (χ2n) is 5.67. The van der Waals surface area contributed by atoms with Crippen LogP contribution in [0.4, 0.5) is 0 Å². The second-order valence-corrected chi connectivity index (χ2v) is 5.67. The van der Waals surface area contributed by atoms with Crippen LogP contribution in [-0.4, -0.2) is 19.1 Å². The van der Waals surface area contributed by atoms with Gasteiger partial charge in [-0.2, -0.15) is 0 Å². The third kappa shape index (κ3) is 5.42. The van der Waals surface area contributed by atoms with E-state index < -0.39 is 0 Å². The minimum absolute atomic E-state index is 0.0554. The molecule has 122 valence electrons. The molecular weight excluding hydrogens is 288 g/mol. The number of benzene rings is 2. The zero-order valence-electron chi connectivity index (χ0n) is 13.7. The van der Waals surface area contributed by atoms with Gasteiger partial charge < -0.3 is 15.8 Å². The molecule has 1 unspecified atom stereocenters. The summed E-state index contributed by atoms with van der Waals surface area (Å²) in [7, 11) is 0. The van der Waals surface area contributed by atoms with Crippen LogP contribution >= 0.6 is 0 Å². The van der Waals surface area contributed by atoms with Gasteiger partial charge in [-0.1, -0.05) is 36.4 Å². The van der Waals surface area contributed by atoms with Crippen molar-refractivity contribution in [2.75, 3.05) is 13.2 Å². The summed E-state index contributed by atoms with van der Waals surface area (Å²) in [6.07, 6.45) is 0.314. The average Bonchev–Trinajstić information content (AvgIpc) is 2.56. The van der Waals surface area contributed by atoms with Crippen molar-refractivity contribution in [2.45, 2.75) is 26.3 Å². The first-order valence-electron chi connectivity index (χ1n) is 7.83.